The molecule has 0 N–H and O–H groups in total. The molecule has 1 fully saturated rings. The summed E-state index contributed by atoms with van der Waals surface area (Å²) < 4.78 is 7.03. The van der Waals surface area contributed by atoms with E-state index in [1.807, 2.05) is 30.3 Å². The number of aromatic nitrogens is 2. The average molecular weight is 320 g/mol. The Balaban J connectivity index is 1.59. The van der Waals surface area contributed by atoms with Crippen molar-refractivity contribution in [1.29, 1.82) is 0 Å². The molecule has 2 aromatic heterocycles. The Bertz CT molecular complexity index is 959. The molecule has 2 heterocycles. The number of fused-ring (bicyclic) bond motifs is 1. The molecule has 0 radical (unpaired) electrons. The van der Waals surface area contributed by atoms with Crippen molar-refractivity contribution in [3.05, 3.63) is 82.4 Å². The normalized spacial score (nSPS) is 15.2. The second-order valence-corrected chi connectivity index (χ2v) is 6.14. The van der Waals surface area contributed by atoms with Crippen LogP contribution >= 0.6 is 0 Å². The third kappa shape index (κ3) is 2.69. The minimum absolute atomic E-state index is 0.0296. The maximum atomic E-state index is 12.5. The number of esters is 1. The minimum atomic E-state index is -0.598. The molecular formula is C19H16N2O3. The quantitative estimate of drug-likeness (QED) is 0.693. The first-order valence-corrected chi connectivity index (χ1v) is 7.91. The second kappa shape index (κ2) is 5.60. The Morgan fingerprint density at radius 2 is 1.88 bits per heavy atom. The van der Waals surface area contributed by atoms with Gasteiger partial charge in [0, 0.05) is 18.8 Å². The molecule has 0 bridgehead atoms. The van der Waals surface area contributed by atoms with Gasteiger partial charge in [0.1, 0.15) is 16.8 Å². The maximum Gasteiger partial charge on any atom is 0.345 e. The standard InChI is InChI=1S/C19H16N2O3/c22-17-15(13-20-16-8-4-5-11-21(16)17)18(23)24-19(9-10-19)12-14-6-2-1-3-7-14/h1-8,11,13H,9-10,12H2. The van der Waals surface area contributed by atoms with E-state index in [1.165, 1.54) is 10.6 Å². The monoisotopic (exact) mass is 320 g/mol. The summed E-state index contributed by atoms with van der Waals surface area (Å²) in [4.78, 5) is 29.1. The molecule has 0 saturated heterocycles. The Kier molecular flexibility index (Phi) is 3.41. The minimum Gasteiger partial charge on any atom is -0.455 e. The van der Waals surface area contributed by atoms with Crippen LogP contribution in [0.15, 0.2) is 65.7 Å². The van der Waals surface area contributed by atoms with E-state index < -0.39 is 17.1 Å². The van der Waals surface area contributed by atoms with Gasteiger partial charge in [-0.05, 0) is 30.5 Å². The molecule has 1 aliphatic carbocycles. The van der Waals surface area contributed by atoms with Crippen LogP contribution in [0.3, 0.4) is 0 Å². The van der Waals surface area contributed by atoms with Gasteiger partial charge in [-0.1, -0.05) is 36.4 Å². The largest absolute Gasteiger partial charge is 0.455 e. The number of carbonyl (C=O) groups excluding carboxylic acids is 1. The van der Waals surface area contributed by atoms with E-state index in [2.05, 4.69) is 4.98 Å². The molecule has 5 nitrogen and oxygen atoms in total. The lowest BCUT2D eigenvalue weighted by atomic mass is 10.1. The van der Waals surface area contributed by atoms with Gasteiger partial charge in [-0.25, -0.2) is 9.78 Å². The molecule has 0 spiro atoms. The number of nitrogens with zero attached hydrogens (tertiary/aromatic N) is 2. The van der Waals surface area contributed by atoms with E-state index in [1.54, 1.807) is 24.4 Å². The fourth-order valence-electron chi connectivity index (χ4n) is 2.84. The molecule has 0 aliphatic heterocycles. The summed E-state index contributed by atoms with van der Waals surface area (Å²) in [7, 11) is 0. The zero-order valence-electron chi connectivity index (χ0n) is 13.0. The molecule has 1 aliphatic rings. The average Bonchev–Trinajstić information content (AvgIpc) is 3.35. The van der Waals surface area contributed by atoms with Crippen molar-refractivity contribution in [1.82, 2.24) is 9.38 Å². The first-order chi connectivity index (χ1) is 11.7. The molecule has 1 aromatic carbocycles. The molecule has 24 heavy (non-hydrogen) atoms. The summed E-state index contributed by atoms with van der Waals surface area (Å²) in [5, 5.41) is 0. The summed E-state index contributed by atoms with van der Waals surface area (Å²) in [5.41, 5.74) is 0.709. The van der Waals surface area contributed by atoms with Crippen molar-refractivity contribution in [2.45, 2.75) is 24.9 Å². The molecule has 120 valence electrons. The van der Waals surface area contributed by atoms with Crippen molar-refractivity contribution >= 4 is 11.6 Å². The Hall–Kier alpha value is -2.95. The van der Waals surface area contributed by atoms with Gasteiger partial charge in [-0.15, -0.1) is 0 Å². The second-order valence-electron chi connectivity index (χ2n) is 6.14. The number of carbonyl (C=O) groups is 1. The molecule has 0 unspecified atom stereocenters. The van der Waals surface area contributed by atoms with Gasteiger partial charge in [0.05, 0.1) is 0 Å². The van der Waals surface area contributed by atoms with E-state index >= 15 is 0 Å². The summed E-state index contributed by atoms with van der Waals surface area (Å²) in [6, 6.07) is 15.1. The Labute approximate surface area is 138 Å². The first-order valence-electron chi connectivity index (χ1n) is 7.91. The highest BCUT2D eigenvalue weighted by molar-refractivity contribution is 5.89. The zero-order chi connectivity index (χ0) is 16.6. The van der Waals surface area contributed by atoms with Crippen LogP contribution in [0, 0.1) is 0 Å². The van der Waals surface area contributed by atoms with Gasteiger partial charge in [-0.2, -0.15) is 0 Å². The van der Waals surface area contributed by atoms with Gasteiger partial charge in [-0.3, -0.25) is 9.20 Å². The highest BCUT2D eigenvalue weighted by Crippen LogP contribution is 2.43. The van der Waals surface area contributed by atoms with E-state index in [4.69, 9.17) is 4.74 Å². The first kappa shape index (κ1) is 14.6. The summed E-state index contributed by atoms with van der Waals surface area (Å²) >= 11 is 0. The topological polar surface area (TPSA) is 60.7 Å². The van der Waals surface area contributed by atoms with Crippen molar-refractivity contribution < 1.29 is 9.53 Å². The van der Waals surface area contributed by atoms with E-state index in [9.17, 15) is 9.59 Å². The lowest BCUT2D eigenvalue weighted by Crippen LogP contribution is -2.28. The lowest BCUT2D eigenvalue weighted by molar-refractivity contribution is 0.0225. The molecule has 3 aromatic rings. The molecule has 4 rings (SSSR count). The van der Waals surface area contributed by atoms with Crippen LogP contribution in [0.2, 0.25) is 0 Å². The van der Waals surface area contributed by atoms with Crippen LogP contribution in [-0.4, -0.2) is 21.0 Å². The van der Waals surface area contributed by atoms with E-state index in [-0.39, 0.29) is 5.56 Å². The van der Waals surface area contributed by atoms with Gasteiger partial charge in [0.15, 0.2) is 0 Å². The highest BCUT2D eigenvalue weighted by Gasteiger charge is 2.47. The fraction of sp³-hybridized carbons (Fsp3) is 0.211. The number of hydrogen-bond acceptors (Lipinski definition) is 4. The van der Waals surface area contributed by atoms with Crippen molar-refractivity contribution in [3.63, 3.8) is 0 Å². The van der Waals surface area contributed by atoms with Crippen LogP contribution in [0.5, 0.6) is 0 Å². The predicted octanol–water partition coefficient (Wildman–Crippen LogP) is 2.63. The van der Waals surface area contributed by atoms with Gasteiger partial charge in [0.2, 0.25) is 0 Å². The molecule has 5 heteroatoms. The van der Waals surface area contributed by atoms with Crippen LogP contribution in [-0.2, 0) is 11.2 Å². The number of ether oxygens (including phenoxy) is 1. The van der Waals surface area contributed by atoms with E-state index in [0.717, 1.165) is 18.4 Å². The van der Waals surface area contributed by atoms with Crippen LogP contribution in [0.1, 0.15) is 28.8 Å². The number of pyridine rings is 1. The van der Waals surface area contributed by atoms with Crippen molar-refractivity contribution in [3.8, 4) is 0 Å². The third-order valence-electron chi connectivity index (χ3n) is 4.32. The number of rotatable bonds is 4. The van der Waals surface area contributed by atoms with Crippen molar-refractivity contribution in [2.24, 2.45) is 0 Å². The summed E-state index contributed by atoms with van der Waals surface area (Å²) in [6.45, 7) is 0. The van der Waals surface area contributed by atoms with Crippen LogP contribution in [0.25, 0.3) is 5.65 Å². The number of benzene rings is 1. The molecule has 1 saturated carbocycles. The summed E-state index contributed by atoms with van der Waals surface area (Å²) in [6.07, 6.45) is 5.20. The molecular weight excluding hydrogens is 304 g/mol. The smallest absolute Gasteiger partial charge is 0.345 e. The lowest BCUT2D eigenvalue weighted by Gasteiger charge is -2.16. The van der Waals surface area contributed by atoms with E-state index in [0.29, 0.717) is 12.1 Å². The van der Waals surface area contributed by atoms with Crippen LogP contribution in [0.4, 0.5) is 0 Å². The van der Waals surface area contributed by atoms with Crippen molar-refractivity contribution in [2.75, 3.05) is 0 Å². The Morgan fingerprint density at radius 1 is 1.12 bits per heavy atom. The highest BCUT2D eigenvalue weighted by atomic mass is 16.6. The summed E-state index contributed by atoms with van der Waals surface area (Å²) in [5.74, 6) is -0.598. The molecule has 0 amide bonds. The maximum absolute atomic E-state index is 12.5. The van der Waals surface area contributed by atoms with Crippen LogP contribution < -0.4 is 5.56 Å². The van der Waals surface area contributed by atoms with Gasteiger partial charge >= 0.3 is 5.97 Å². The third-order valence-corrected chi connectivity index (χ3v) is 4.32. The Morgan fingerprint density at radius 3 is 2.62 bits per heavy atom. The van der Waals surface area contributed by atoms with Gasteiger partial charge in [0.25, 0.3) is 5.56 Å². The fourth-order valence-corrected chi connectivity index (χ4v) is 2.84. The predicted molar refractivity (Wildman–Crippen MR) is 89.0 cm³/mol. The van der Waals surface area contributed by atoms with Gasteiger partial charge < -0.3 is 4.74 Å². The SMILES string of the molecule is O=C(OC1(Cc2ccccc2)CC1)c1cnc2ccccn2c1=O. The molecule has 0 atom stereocenters. The zero-order valence-corrected chi connectivity index (χ0v) is 13.0. The number of hydrogen-bond donors (Lipinski definition) is 0.